The Morgan fingerprint density at radius 1 is 0.595 bits per heavy atom. The Bertz CT molecular complexity index is 1130. The third-order valence-electron chi connectivity index (χ3n) is 7.01. The number of nitrogens with zero attached hydrogens (tertiary/aromatic N) is 1. The molecule has 0 saturated carbocycles. The zero-order valence-electron chi connectivity index (χ0n) is 22.8. The molecule has 3 atom stereocenters. The quantitative estimate of drug-likeness (QED) is 0.294. The summed E-state index contributed by atoms with van der Waals surface area (Å²) in [5.41, 5.74) is 4.90. The Morgan fingerprint density at radius 3 is 1.38 bits per heavy atom. The van der Waals surface area contributed by atoms with E-state index in [0.717, 1.165) is 19.5 Å². The summed E-state index contributed by atoms with van der Waals surface area (Å²) in [5.74, 6) is 0. The van der Waals surface area contributed by atoms with E-state index in [1.807, 2.05) is 12.1 Å². The van der Waals surface area contributed by atoms with Crippen LogP contribution in [0.3, 0.4) is 0 Å². The normalized spacial score (nSPS) is 14.0. The molecule has 0 spiro atoms. The van der Waals surface area contributed by atoms with Gasteiger partial charge in [-0.1, -0.05) is 141 Å². The van der Waals surface area contributed by atoms with Crippen LogP contribution in [-0.2, 0) is 19.5 Å². The molecule has 0 aliphatic rings. The summed E-state index contributed by atoms with van der Waals surface area (Å²) in [6.45, 7) is 8.52. The van der Waals surface area contributed by atoms with E-state index in [0.29, 0.717) is 0 Å². The minimum atomic E-state index is -1.84. The molecule has 0 bridgehead atoms. The Kier molecular flexibility index (Phi) is 11.0. The van der Waals surface area contributed by atoms with E-state index >= 15 is 0 Å². The second-order valence-corrected chi connectivity index (χ2v) is 16.2. The summed E-state index contributed by atoms with van der Waals surface area (Å²) in [4.78, 5) is 2.44. The Morgan fingerprint density at radius 2 is 0.973 bits per heavy atom. The number of rotatable bonds is 11. The third-order valence-corrected chi connectivity index (χ3v) is 9.54. The summed E-state index contributed by atoms with van der Waals surface area (Å²) in [6, 6.07) is 42.1. The first-order valence-corrected chi connectivity index (χ1v) is 16.6. The summed E-state index contributed by atoms with van der Waals surface area (Å²) < 4.78 is 0. The topological polar surface area (TPSA) is 26.3 Å². The van der Waals surface area contributed by atoms with Crippen LogP contribution in [0.1, 0.15) is 27.8 Å². The SMILES string of the molecule is C[Si](C)(C)[C@H](c1ccccc1)[C@@H]([O-])[C@H](Cc1ccccc1)N(Cc1ccccc1)Cc1ccccc1.[Li+]. The number of hydrogen-bond acceptors (Lipinski definition) is 2. The second-order valence-electron chi connectivity index (χ2n) is 10.9. The van der Waals surface area contributed by atoms with E-state index in [9.17, 15) is 5.11 Å². The van der Waals surface area contributed by atoms with Crippen molar-refractivity contribution < 1.29 is 24.0 Å². The van der Waals surface area contributed by atoms with Crippen LogP contribution in [0.4, 0.5) is 0 Å². The van der Waals surface area contributed by atoms with E-state index in [4.69, 9.17) is 0 Å². The molecule has 0 N–H and O–H groups in total. The van der Waals surface area contributed by atoms with Crippen molar-refractivity contribution in [1.29, 1.82) is 0 Å². The first-order chi connectivity index (χ1) is 17.4. The van der Waals surface area contributed by atoms with E-state index < -0.39 is 14.2 Å². The maximum atomic E-state index is 14.8. The van der Waals surface area contributed by atoms with Crippen molar-refractivity contribution in [3.8, 4) is 0 Å². The molecule has 0 saturated heterocycles. The van der Waals surface area contributed by atoms with Gasteiger partial charge in [0.05, 0.1) is 8.07 Å². The van der Waals surface area contributed by atoms with Crippen LogP contribution in [0.25, 0.3) is 0 Å². The van der Waals surface area contributed by atoms with Crippen molar-refractivity contribution in [2.45, 2.75) is 56.8 Å². The predicted molar refractivity (Wildman–Crippen MR) is 152 cm³/mol. The fourth-order valence-electron chi connectivity index (χ4n) is 5.30. The number of hydrogen-bond donors (Lipinski definition) is 0. The Balaban J connectivity index is 0.00000380. The maximum Gasteiger partial charge on any atom is 1.00 e. The molecule has 0 unspecified atom stereocenters. The van der Waals surface area contributed by atoms with Crippen molar-refractivity contribution in [3.05, 3.63) is 144 Å². The molecule has 0 fully saturated rings. The summed E-state index contributed by atoms with van der Waals surface area (Å²) >= 11 is 0. The summed E-state index contributed by atoms with van der Waals surface area (Å²) in [7, 11) is -1.84. The van der Waals surface area contributed by atoms with Gasteiger partial charge in [0.15, 0.2) is 0 Å². The van der Waals surface area contributed by atoms with Gasteiger partial charge in [0, 0.05) is 19.1 Å². The Hall–Kier alpha value is -2.39. The first kappa shape index (κ1) is 29.2. The van der Waals surface area contributed by atoms with Gasteiger partial charge in [-0.2, -0.15) is 0 Å². The van der Waals surface area contributed by atoms with Crippen LogP contribution in [0, 0.1) is 0 Å². The molecule has 0 aliphatic carbocycles. The molecule has 186 valence electrons. The van der Waals surface area contributed by atoms with Crippen LogP contribution in [0.5, 0.6) is 0 Å². The monoisotopic (exact) mass is 499 g/mol. The molecule has 4 heteroatoms. The molecule has 0 aliphatic heterocycles. The average molecular weight is 500 g/mol. The van der Waals surface area contributed by atoms with E-state index in [1.54, 1.807) is 0 Å². The van der Waals surface area contributed by atoms with Gasteiger partial charge in [0.1, 0.15) is 0 Å². The molecule has 4 rings (SSSR count). The van der Waals surface area contributed by atoms with Crippen LogP contribution in [0.2, 0.25) is 19.6 Å². The molecule has 0 amide bonds. The molecule has 37 heavy (non-hydrogen) atoms. The van der Waals surface area contributed by atoms with Gasteiger partial charge in [-0.15, -0.1) is 6.10 Å². The molecule has 0 heterocycles. The number of benzene rings is 4. The first-order valence-electron chi connectivity index (χ1n) is 13.0. The van der Waals surface area contributed by atoms with Gasteiger partial charge < -0.3 is 5.11 Å². The molecule has 0 radical (unpaired) electrons. The van der Waals surface area contributed by atoms with Crippen LogP contribution in [-0.4, -0.2) is 25.1 Å². The van der Waals surface area contributed by atoms with Crippen LogP contribution in [0.15, 0.2) is 121 Å². The zero-order valence-corrected chi connectivity index (χ0v) is 23.8. The van der Waals surface area contributed by atoms with Crippen molar-refractivity contribution in [2.75, 3.05) is 0 Å². The van der Waals surface area contributed by atoms with E-state index in [2.05, 4.69) is 134 Å². The van der Waals surface area contributed by atoms with Crippen LogP contribution >= 0.6 is 0 Å². The van der Waals surface area contributed by atoms with Gasteiger partial charge in [-0.3, -0.25) is 4.90 Å². The molecule has 2 nitrogen and oxygen atoms in total. The van der Waals surface area contributed by atoms with Gasteiger partial charge in [0.25, 0.3) is 0 Å². The molecule has 4 aromatic carbocycles. The third kappa shape index (κ3) is 8.30. The average Bonchev–Trinajstić information content (AvgIpc) is 2.89. The molecule has 0 aromatic heterocycles. The Labute approximate surface area is 236 Å². The predicted octanol–water partition coefficient (Wildman–Crippen LogP) is 3.69. The fourth-order valence-corrected chi connectivity index (χ4v) is 7.70. The molecule has 4 aromatic rings. The van der Waals surface area contributed by atoms with Gasteiger partial charge >= 0.3 is 18.9 Å². The fraction of sp³-hybridized carbons (Fsp3) is 0.273. The van der Waals surface area contributed by atoms with Crippen LogP contribution < -0.4 is 24.0 Å². The van der Waals surface area contributed by atoms with Crippen molar-refractivity contribution >= 4 is 8.07 Å². The largest absolute Gasteiger partial charge is 1.00 e. The summed E-state index contributed by atoms with van der Waals surface area (Å²) in [6.07, 6.45) is -0.00522. The van der Waals surface area contributed by atoms with E-state index in [1.165, 1.54) is 22.3 Å². The molecular weight excluding hydrogens is 461 g/mol. The van der Waals surface area contributed by atoms with Gasteiger partial charge in [-0.05, 0) is 34.2 Å². The second kappa shape index (κ2) is 14.0. The minimum absolute atomic E-state index is 0. The van der Waals surface area contributed by atoms with Crippen molar-refractivity contribution in [3.63, 3.8) is 0 Å². The van der Waals surface area contributed by atoms with Crippen molar-refractivity contribution in [2.24, 2.45) is 0 Å². The smallest absolute Gasteiger partial charge is 0.851 e. The molecular formula is C33H38LiNOSi. The maximum absolute atomic E-state index is 14.8. The van der Waals surface area contributed by atoms with Crippen molar-refractivity contribution in [1.82, 2.24) is 4.90 Å². The summed E-state index contributed by atoms with van der Waals surface area (Å²) in [5, 5.41) is 14.8. The standard InChI is InChI=1S/C33H38NOSi.Li/c1-36(2,3)33(30-22-14-7-15-23-30)32(35)31(24-27-16-8-4-9-17-27)34(25-28-18-10-5-11-19-28)26-29-20-12-6-13-21-29;/h4-23,31-33H,24-26H2,1-3H3;/q-1;+1/t31-,32-,33+;/m0./s1. The van der Waals surface area contributed by atoms with E-state index in [-0.39, 0.29) is 30.4 Å². The zero-order chi connectivity index (χ0) is 25.4. The van der Waals surface area contributed by atoms with Gasteiger partial charge in [-0.25, -0.2) is 0 Å². The minimum Gasteiger partial charge on any atom is -0.851 e. The van der Waals surface area contributed by atoms with Gasteiger partial charge in [0.2, 0.25) is 0 Å².